The summed E-state index contributed by atoms with van der Waals surface area (Å²) in [4.78, 5) is 20.7. The molecule has 2 N–H and O–H groups in total. The van der Waals surface area contributed by atoms with E-state index >= 15 is 0 Å². The minimum atomic E-state index is 0.661. The number of pyridine rings is 2. The predicted octanol–water partition coefficient (Wildman–Crippen LogP) is 4.63. The third kappa shape index (κ3) is 2.64. The Kier molecular flexibility index (Phi) is 3.64. The fraction of sp³-hybridized carbons (Fsp3) is 0. The summed E-state index contributed by atoms with van der Waals surface area (Å²) in [5.74, 6) is 0. The Hall–Kier alpha value is -4.39. The molecule has 0 unspecified atom stereocenters. The zero-order chi connectivity index (χ0) is 19.9. The molecule has 0 aliphatic heterocycles. The number of H-pyrrole nitrogens is 2. The van der Waals surface area contributed by atoms with E-state index in [1.54, 1.807) is 18.6 Å². The zero-order valence-corrected chi connectivity index (χ0v) is 15.7. The molecule has 142 valence electrons. The van der Waals surface area contributed by atoms with Crippen molar-refractivity contribution >= 4 is 21.9 Å². The Morgan fingerprint density at radius 1 is 0.767 bits per heavy atom. The van der Waals surface area contributed by atoms with Crippen LogP contribution in [0.15, 0.2) is 79.6 Å². The van der Waals surface area contributed by atoms with Gasteiger partial charge in [0.05, 0.1) is 17.1 Å². The molecule has 0 bridgehead atoms. The van der Waals surface area contributed by atoms with Crippen molar-refractivity contribution in [1.82, 2.24) is 35.1 Å². The lowest BCUT2D eigenvalue weighted by atomic mass is 10.1. The quantitative estimate of drug-likeness (QED) is 0.460. The number of aromatic amines is 2. The molecule has 0 aliphatic rings. The highest BCUT2D eigenvalue weighted by Crippen LogP contribution is 2.34. The number of hydrogen-bond acceptors (Lipinski definition) is 5. The highest BCUT2D eigenvalue weighted by Gasteiger charge is 2.14. The zero-order valence-electron chi connectivity index (χ0n) is 15.7. The van der Waals surface area contributed by atoms with Gasteiger partial charge >= 0.3 is 0 Å². The van der Waals surface area contributed by atoms with E-state index in [1.807, 2.05) is 30.5 Å². The first-order valence-electron chi connectivity index (χ1n) is 9.50. The molecule has 30 heavy (non-hydrogen) atoms. The summed E-state index contributed by atoms with van der Waals surface area (Å²) in [6, 6.07) is 16.3. The van der Waals surface area contributed by atoms with Gasteiger partial charge in [-0.05, 0) is 30.3 Å². The van der Waals surface area contributed by atoms with E-state index in [2.05, 4.69) is 59.4 Å². The molecule has 0 atom stereocenters. The van der Waals surface area contributed by atoms with Crippen LogP contribution in [0, 0.1) is 0 Å². The van der Waals surface area contributed by atoms with E-state index in [4.69, 9.17) is 0 Å². The molecule has 7 heteroatoms. The van der Waals surface area contributed by atoms with Crippen LogP contribution in [0.1, 0.15) is 0 Å². The molecule has 7 nitrogen and oxygen atoms in total. The summed E-state index contributed by atoms with van der Waals surface area (Å²) in [5, 5.41) is 9.56. The molecule has 5 heterocycles. The Morgan fingerprint density at radius 3 is 2.57 bits per heavy atom. The highest BCUT2D eigenvalue weighted by atomic mass is 15.2. The molecule has 5 aromatic heterocycles. The fourth-order valence-corrected chi connectivity index (χ4v) is 3.75. The molecule has 0 saturated heterocycles. The predicted molar refractivity (Wildman–Crippen MR) is 115 cm³/mol. The van der Waals surface area contributed by atoms with E-state index in [-0.39, 0.29) is 0 Å². The Bertz CT molecular complexity index is 1480. The van der Waals surface area contributed by atoms with Crippen LogP contribution in [0.3, 0.4) is 0 Å². The number of rotatable bonds is 3. The van der Waals surface area contributed by atoms with Crippen molar-refractivity contribution in [2.75, 3.05) is 0 Å². The van der Waals surface area contributed by atoms with Gasteiger partial charge in [-0.15, -0.1) is 0 Å². The molecule has 0 spiro atoms. The lowest BCUT2D eigenvalue weighted by Gasteiger charge is -2.01. The van der Waals surface area contributed by atoms with Crippen LogP contribution in [0.25, 0.3) is 55.7 Å². The molecular formula is C23H15N7. The minimum absolute atomic E-state index is 0.661. The van der Waals surface area contributed by atoms with E-state index in [0.717, 1.165) is 50.1 Å². The summed E-state index contributed by atoms with van der Waals surface area (Å²) in [6.45, 7) is 0. The van der Waals surface area contributed by atoms with Gasteiger partial charge in [-0.1, -0.05) is 18.2 Å². The minimum Gasteiger partial charge on any atom is -0.353 e. The van der Waals surface area contributed by atoms with Crippen molar-refractivity contribution < 1.29 is 0 Å². The summed E-state index contributed by atoms with van der Waals surface area (Å²) in [7, 11) is 0. The van der Waals surface area contributed by atoms with Crippen LogP contribution < -0.4 is 0 Å². The van der Waals surface area contributed by atoms with Gasteiger partial charge in [0, 0.05) is 57.8 Å². The second-order valence-electron chi connectivity index (χ2n) is 6.99. The second kappa shape index (κ2) is 6.59. The summed E-state index contributed by atoms with van der Waals surface area (Å²) < 4.78 is 0. The first-order chi connectivity index (χ1) is 14.9. The first-order valence-corrected chi connectivity index (χ1v) is 9.50. The van der Waals surface area contributed by atoms with E-state index in [1.165, 1.54) is 6.33 Å². The fourth-order valence-electron chi connectivity index (χ4n) is 3.75. The topological polar surface area (TPSA) is 96.0 Å². The van der Waals surface area contributed by atoms with Crippen LogP contribution in [-0.4, -0.2) is 35.1 Å². The average molecular weight is 389 g/mol. The summed E-state index contributed by atoms with van der Waals surface area (Å²) >= 11 is 0. The van der Waals surface area contributed by atoms with Crippen molar-refractivity contribution in [2.24, 2.45) is 0 Å². The van der Waals surface area contributed by atoms with Crippen LogP contribution in [0.4, 0.5) is 0 Å². The molecule has 0 fully saturated rings. The number of nitrogens with zero attached hydrogens (tertiary/aromatic N) is 5. The highest BCUT2D eigenvalue weighted by molar-refractivity contribution is 6.00. The Balaban J connectivity index is 1.52. The normalized spacial score (nSPS) is 11.3. The van der Waals surface area contributed by atoms with Gasteiger partial charge in [0.25, 0.3) is 0 Å². The molecule has 6 aromatic rings. The standard InChI is InChI=1S/C23H15N7/c1-2-7-26-19(5-1)16-4-3-6-20-17(16)9-21(28-20)22-18-8-14(12-27-23(18)30-29-22)15-10-24-13-25-11-15/h1-13,28H,(H,27,29,30). The molecular weight excluding hydrogens is 374 g/mol. The SMILES string of the molecule is c1ccc(-c2cccc3[nH]c(-c4[nH]nc5ncc(-c6cncnc6)cc45)cc23)nc1. The monoisotopic (exact) mass is 389 g/mol. The van der Waals surface area contributed by atoms with Crippen LogP contribution in [0.2, 0.25) is 0 Å². The molecule has 6 rings (SSSR count). The summed E-state index contributed by atoms with van der Waals surface area (Å²) in [5.41, 5.74) is 7.41. The molecule has 0 saturated carbocycles. The van der Waals surface area contributed by atoms with Gasteiger partial charge in [0.1, 0.15) is 6.33 Å². The number of nitrogens with one attached hydrogen (secondary N) is 2. The third-order valence-electron chi connectivity index (χ3n) is 5.18. The van der Waals surface area contributed by atoms with Crippen LogP contribution in [0.5, 0.6) is 0 Å². The van der Waals surface area contributed by atoms with Gasteiger partial charge in [-0.2, -0.15) is 5.10 Å². The second-order valence-corrected chi connectivity index (χ2v) is 6.99. The van der Waals surface area contributed by atoms with E-state index in [0.29, 0.717) is 5.65 Å². The largest absolute Gasteiger partial charge is 0.353 e. The van der Waals surface area contributed by atoms with Crippen molar-refractivity contribution in [1.29, 1.82) is 0 Å². The molecule has 0 radical (unpaired) electrons. The van der Waals surface area contributed by atoms with E-state index < -0.39 is 0 Å². The van der Waals surface area contributed by atoms with Crippen molar-refractivity contribution in [3.8, 4) is 33.8 Å². The van der Waals surface area contributed by atoms with Gasteiger partial charge < -0.3 is 4.98 Å². The van der Waals surface area contributed by atoms with Crippen molar-refractivity contribution in [3.63, 3.8) is 0 Å². The Labute approximate surface area is 170 Å². The van der Waals surface area contributed by atoms with Gasteiger partial charge in [0.15, 0.2) is 5.65 Å². The van der Waals surface area contributed by atoms with Crippen molar-refractivity contribution in [2.45, 2.75) is 0 Å². The van der Waals surface area contributed by atoms with Crippen molar-refractivity contribution in [3.05, 3.63) is 79.6 Å². The average Bonchev–Trinajstić information content (AvgIpc) is 3.43. The summed E-state index contributed by atoms with van der Waals surface area (Å²) in [6.07, 6.45) is 8.67. The molecule has 0 aliphatic carbocycles. The van der Waals surface area contributed by atoms with Gasteiger partial charge in [-0.25, -0.2) is 15.0 Å². The van der Waals surface area contributed by atoms with Crippen LogP contribution in [-0.2, 0) is 0 Å². The number of hydrogen-bond donors (Lipinski definition) is 2. The van der Waals surface area contributed by atoms with E-state index in [9.17, 15) is 0 Å². The smallest absolute Gasteiger partial charge is 0.181 e. The lowest BCUT2D eigenvalue weighted by Crippen LogP contribution is -1.85. The molecule has 0 amide bonds. The maximum atomic E-state index is 4.51. The maximum absolute atomic E-state index is 4.51. The lowest BCUT2D eigenvalue weighted by molar-refractivity contribution is 1.10. The maximum Gasteiger partial charge on any atom is 0.181 e. The van der Waals surface area contributed by atoms with Crippen LogP contribution >= 0.6 is 0 Å². The number of benzene rings is 1. The number of aromatic nitrogens is 7. The number of fused-ring (bicyclic) bond motifs is 2. The first kappa shape index (κ1) is 16.6. The Morgan fingerprint density at radius 2 is 1.70 bits per heavy atom. The third-order valence-corrected chi connectivity index (χ3v) is 5.18. The molecule has 1 aromatic carbocycles. The van der Waals surface area contributed by atoms with Gasteiger partial charge in [-0.3, -0.25) is 10.1 Å². The van der Waals surface area contributed by atoms with Gasteiger partial charge in [0.2, 0.25) is 0 Å².